The highest BCUT2D eigenvalue weighted by Crippen LogP contribution is 2.18. The Balaban J connectivity index is 2.11. The van der Waals surface area contributed by atoms with Gasteiger partial charge in [0.05, 0.1) is 6.54 Å². The van der Waals surface area contributed by atoms with Crippen LogP contribution in [0, 0.1) is 13.8 Å². The van der Waals surface area contributed by atoms with Gasteiger partial charge >= 0.3 is 0 Å². The summed E-state index contributed by atoms with van der Waals surface area (Å²) in [6.45, 7) is 4.82. The molecule has 1 saturated heterocycles. The number of hydrogen-bond acceptors (Lipinski definition) is 3. The van der Waals surface area contributed by atoms with Crippen LogP contribution in [0.3, 0.4) is 0 Å². The maximum atomic E-state index is 12.1. The summed E-state index contributed by atoms with van der Waals surface area (Å²) < 4.78 is 0. The highest BCUT2D eigenvalue weighted by atomic mass is 32.2. The number of Topliss-reactive ketones (excluding diaryl/α,β-unsaturated/α-hetero) is 1. The SMILES string of the molecule is Cc1ccc(C(=O)CN2CCSC2=O)c(C)c1. The van der Waals surface area contributed by atoms with Crippen LogP contribution in [-0.2, 0) is 0 Å². The summed E-state index contributed by atoms with van der Waals surface area (Å²) >= 11 is 1.28. The summed E-state index contributed by atoms with van der Waals surface area (Å²) in [4.78, 5) is 25.1. The summed E-state index contributed by atoms with van der Waals surface area (Å²) in [5.41, 5.74) is 2.85. The van der Waals surface area contributed by atoms with Crippen LogP contribution in [-0.4, -0.2) is 34.8 Å². The highest BCUT2D eigenvalue weighted by molar-refractivity contribution is 8.13. The summed E-state index contributed by atoms with van der Waals surface area (Å²) in [7, 11) is 0. The molecule has 1 heterocycles. The van der Waals surface area contributed by atoms with Crippen LogP contribution in [0.15, 0.2) is 18.2 Å². The second-order valence-corrected chi connectivity index (χ2v) is 5.32. The first-order chi connectivity index (χ1) is 8.08. The fourth-order valence-electron chi connectivity index (χ4n) is 1.95. The summed E-state index contributed by atoms with van der Waals surface area (Å²) in [6, 6.07) is 5.77. The Morgan fingerprint density at radius 3 is 2.76 bits per heavy atom. The molecular formula is C13H15NO2S. The van der Waals surface area contributed by atoms with Gasteiger partial charge in [-0.3, -0.25) is 9.59 Å². The van der Waals surface area contributed by atoms with Crippen molar-refractivity contribution in [2.45, 2.75) is 13.8 Å². The number of hydrogen-bond donors (Lipinski definition) is 0. The minimum atomic E-state index is 0.0168. The lowest BCUT2D eigenvalue weighted by Crippen LogP contribution is -2.30. The van der Waals surface area contributed by atoms with Gasteiger partial charge in [0.15, 0.2) is 5.78 Å². The lowest BCUT2D eigenvalue weighted by Gasteiger charge is -2.14. The Morgan fingerprint density at radius 1 is 1.41 bits per heavy atom. The smallest absolute Gasteiger partial charge is 0.282 e. The minimum Gasteiger partial charge on any atom is -0.325 e. The van der Waals surface area contributed by atoms with Crippen molar-refractivity contribution in [2.75, 3.05) is 18.8 Å². The first-order valence-corrected chi connectivity index (χ1v) is 6.58. The molecule has 0 atom stereocenters. The number of carbonyl (C=O) groups is 2. The van der Waals surface area contributed by atoms with Crippen LogP contribution in [0.25, 0.3) is 0 Å². The van der Waals surface area contributed by atoms with Gasteiger partial charge in [0, 0.05) is 17.9 Å². The normalized spacial score (nSPS) is 15.4. The maximum absolute atomic E-state index is 12.1. The Kier molecular flexibility index (Phi) is 3.52. The molecule has 2 rings (SSSR count). The predicted molar refractivity (Wildman–Crippen MR) is 69.7 cm³/mol. The van der Waals surface area contributed by atoms with Crippen molar-refractivity contribution in [3.63, 3.8) is 0 Å². The van der Waals surface area contributed by atoms with Gasteiger partial charge in [0.2, 0.25) is 0 Å². The molecule has 0 aliphatic carbocycles. The minimum absolute atomic E-state index is 0.0168. The van der Waals surface area contributed by atoms with E-state index in [9.17, 15) is 9.59 Å². The van der Waals surface area contributed by atoms with E-state index in [4.69, 9.17) is 0 Å². The molecule has 1 aromatic carbocycles. The van der Waals surface area contributed by atoms with Crippen LogP contribution in [0.4, 0.5) is 4.79 Å². The van der Waals surface area contributed by atoms with Gasteiger partial charge in [-0.15, -0.1) is 0 Å². The van der Waals surface area contributed by atoms with Gasteiger partial charge < -0.3 is 4.90 Å². The van der Waals surface area contributed by atoms with Crippen LogP contribution in [0.5, 0.6) is 0 Å². The third kappa shape index (κ3) is 2.69. The molecule has 0 unspecified atom stereocenters. The van der Waals surface area contributed by atoms with Crippen LogP contribution in [0.1, 0.15) is 21.5 Å². The molecule has 0 saturated carbocycles. The number of amides is 1. The van der Waals surface area contributed by atoms with Crippen molar-refractivity contribution in [3.05, 3.63) is 34.9 Å². The summed E-state index contributed by atoms with van der Waals surface area (Å²) in [6.07, 6.45) is 0. The molecule has 1 fully saturated rings. The topological polar surface area (TPSA) is 37.4 Å². The Morgan fingerprint density at radius 2 is 2.18 bits per heavy atom. The second-order valence-electron chi connectivity index (χ2n) is 4.28. The van der Waals surface area contributed by atoms with Crippen LogP contribution in [0.2, 0.25) is 0 Å². The molecule has 90 valence electrons. The average Bonchev–Trinajstić information content (AvgIpc) is 2.64. The summed E-state index contributed by atoms with van der Waals surface area (Å²) in [5, 5.41) is 0.0168. The number of rotatable bonds is 3. The fraction of sp³-hybridized carbons (Fsp3) is 0.385. The zero-order valence-corrected chi connectivity index (χ0v) is 10.8. The Bertz CT molecular complexity index is 470. The van der Waals surface area contributed by atoms with E-state index < -0.39 is 0 Å². The zero-order valence-electron chi connectivity index (χ0n) is 10.0. The molecule has 0 aromatic heterocycles. The molecule has 0 spiro atoms. The van der Waals surface area contributed by atoms with Crippen molar-refractivity contribution < 1.29 is 9.59 Å². The number of aryl methyl sites for hydroxylation is 2. The third-order valence-corrected chi connectivity index (χ3v) is 3.75. The van der Waals surface area contributed by atoms with Gasteiger partial charge in [-0.2, -0.15) is 0 Å². The van der Waals surface area contributed by atoms with E-state index in [0.29, 0.717) is 6.54 Å². The molecule has 3 nitrogen and oxygen atoms in total. The number of nitrogens with zero attached hydrogens (tertiary/aromatic N) is 1. The van der Waals surface area contributed by atoms with E-state index >= 15 is 0 Å². The van der Waals surface area contributed by atoms with Gasteiger partial charge in [-0.05, 0) is 19.4 Å². The van der Waals surface area contributed by atoms with E-state index in [1.807, 2.05) is 32.0 Å². The number of carbonyl (C=O) groups excluding carboxylic acids is 2. The molecule has 0 N–H and O–H groups in total. The predicted octanol–water partition coefficient (Wildman–Crippen LogP) is 2.65. The molecular weight excluding hydrogens is 234 g/mol. The number of thioether (sulfide) groups is 1. The molecule has 4 heteroatoms. The largest absolute Gasteiger partial charge is 0.325 e. The average molecular weight is 249 g/mol. The standard InChI is InChI=1S/C13H15NO2S/c1-9-3-4-11(10(2)7-9)12(15)8-14-5-6-17-13(14)16/h3-4,7H,5-6,8H2,1-2H3. The monoisotopic (exact) mass is 249 g/mol. The molecule has 1 aliphatic heterocycles. The van der Waals surface area contributed by atoms with Crippen molar-refractivity contribution in [1.82, 2.24) is 4.90 Å². The van der Waals surface area contributed by atoms with Crippen molar-refractivity contribution in [1.29, 1.82) is 0 Å². The van der Waals surface area contributed by atoms with Crippen molar-refractivity contribution >= 4 is 22.8 Å². The maximum Gasteiger partial charge on any atom is 0.282 e. The molecule has 17 heavy (non-hydrogen) atoms. The van der Waals surface area contributed by atoms with Gasteiger partial charge in [-0.25, -0.2) is 0 Å². The fourth-order valence-corrected chi connectivity index (χ4v) is 2.78. The van der Waals surface area contributed by atoms with Gasteiger partial charge in [-0.1, -0.05) is 35.5 Å². The first-order valence-electron chi connectivity index (χ1n) is 5.60. The molecule has 1 aromatic rings. The van der Waals surface area contributed by atoms with Crippen molar-refractivity contribution in [2.24, 2.45) is 0 Å². The zero-order chi connectivity index (χ0) is 12.4. The molecule has 1 aliphatic rings. The van der Waals surface area contributed by atoms with E-state index in [2.05, 4.69) is 0 Å². The van der Waals surface area contributed by atoms with Crippen LogP contribution < -0.4 is 0 Å². The van der Waals surface area contributed by atoms with Crippen LogP contribution >= 0.6 is 11.8 Å². The van der Waals surface area contributed by atoms with E-state index in [0.717, 1.165) is 22.4 Å². The number of ketones is 1. The lowest BCUT2D eigenvalue weighted by molar-refractivity contribution is 0.0955. The van der Waals surface area contributed by atoms with Crippen molar-refractivity contribution in [3.8, 4) is 0 Å². The molecule has 0 bridgehead atoms. The quantitative estimate of drug-likeness (QED) is 0.773. The Labute approximate surface area is 105 Å². The third-order valence-electron chi connectivity index (χ3n) is 2.86. The molecule has 1 amide bonds. The van der Waals surface area contributed by atoms with Gasteiger partial charge in [0.25, 0.3) is 5.24 Å². The van der Waals surface area contributed by atoms with E-state index in [-0.39, 0.29) is 17.6 Å². The summed E-state index contributed by atoms with van der Waals surface area (Å²) in [5.74, 6) is 0.817. The van der Waals surface area contributed by atoms with Gasteiger partial charge in [0.1, 0.15) is 0 Å². The number of benzene rings is 1. The first kappa shape index (κ1) is 12.2. The second kappa shape index (κ2) is 4.92. The molecule has 0 radical (unpaired) electrons. The highest BCUT2D eigenvalue weighted by Gasteiger charge is 2.24. The Hall–Kier alpha value is -1.29. The lowest BCUT2D eigenvalue weighted by atomic mass is 10.0. The van der Waals surface area contributed by atoms with E-state index in [1.165, 1.54) is 11.8 Å². The van der Waals surface area contributed by atoms with E-state index in [1.54, 1.807) is 4.90 Å².